The number of benzene rings is 6. The van der Waals surface area contributed by atoms with Crippen LogP contribution in [0.1, 0.15) is 147 Å². The summed E-state index contributed by atoms with van der Waals surface area (Å²) in [6.07, 6.45) is 19.5. The Balaban J connectivity index is 0.901. The molecule has 0 aliphatic heterocycles. The van der Waals surface area contributed by atoms with Gasteiger partial charge < -0.3 is 0 Å². The Hall–Kier alpha value is -4.68. The molecule has 306 valence electrons. The molecule has 0 aromatic heterocycles. The van der Waals surface area contributed by atoms with Crippen molar-refractivity contribution >= 4 is 0 Å². The number of aryl methyl sites for hydroxylation is 2. The van der Waals surface area contributed by atoms with Crippen molar-refractivity contribution in [2.24, 2.45) is 34.5 Å². The van der Waals surface area contributed by atoms with Crippen LogP contribution in [0, 0.1) is 34.5 Å². The van der Waals surface area contributed by atoms with E-state index in [-0.39, 0.29) is 0 Å². The van der Waals surface area contributed by atoms with Crippen LogP contribution in [0.5, 0.6) is 0 Å². The monoisotopic (exact) mass is 794 g/mol. The largest absolute Gasteiger partial charge is 0.0713 e. The van der Waals surface area contributed by atoms with Crippen LogP contribution in [0.15, 0.2) is 133 Å². The SMILES string of the molecule is C[C@@]12CCC[C@H]1[C@@H]1CCc3cc(-c4cccc(C5(c6cccc(-c7ccc8c(c7)CC[C@@H]7[C@@H]8CC[C@]8(C)CCC[C@@H]78)c6)c6ccccc6-c6ccccc65)c4)ccc3[C@H]1CC2. The smallest absolute Gasteiger partial charge is 0.0619 e. The summed E-state index contributed by atoms with van der Waals surface area (Å²) >= 11 is 0. The van der Waals surface area contributed by atoms with Crippen molar-refractivity contribution in [3.8, 4) is 33.4 Å². The van der Waals surface area contributed by atoms with Gasteiger partial charge >= 0.3 is 0 Å². The van der Waals surface area contributed by atoms with Gasteiger partial charge in [-0.1, -0.05) is 148 Å². The maximum Gasteiger partial charge on any atom is 0.0713 e. The molecule has 0 nitrogen and oxygen atoms in total. The predicted molar refractivity (Wildman–Crippen MR) is 253 cm³/mol. The summed E-state index contributed by atoms with van der Waals surface area (Å²) in [7, 11) is 0. The van der Waals surface area contributed by atoms with E-state index >= 15 is 0 Å². The summed E-state index contributed by atoms with van der Waals surface area (Å²) in [6, 6.07) is 53.2. The minimum atomic E-state index is -0.436. The molecule has 0 spiro atoms. The first-order valence-electron chi connectivity index (χ1n) is 24.6. The fourth-order valence-corrected chi connectivity index (χ4v) is 16.4. The fraction of sp³-hybridized carbons (Fsp3) is 0.410. The molecule has 0 amide bonds. The lowest BCUT2D eigenvalue weighted by molar-refractivity contribution is 0.0598. The molecular weight excluding hydrogens is 733 g/mol. The van der Waals surface area contributed by atoms with Gasteiger partial charge in [-0.05, 0) is 213 Å². The number of hydrogen-bond donors (Lipinski definition) is 0. The van der Waals surface area contributed by atoms with Crippen LogP contribution in [0.2, 0.25) is 0 Å². The molecule has 0 unspecified atom stereocenters. The zero-order chi connectivity index (χ0) is 40.5. The lowest BCUT2D eigenvalue weighted by Crippen LogP contribution is -2.39. The topological polar surface area (TPSA) is 0 Å². The Labute approximate surface area is 365 Å². The quantitative estimate of drug-likeness (QED) is 0.166. The third-order valence-corrected chi connectivity index (χ3v) is 19.2. The van der Waals surface area contributed by atoms with E-state index in [2.05, 4.69) is 147 Å². The van der Waals surface area contributed by atoms with E-state index in [0.29, 0.717) is 10.8 Å². The molecule has 7 aliphatic rings. The van der Waals surface area contributed by atoms with E-state index in [4.69, 9.17) is 0 Å². The molecule has 7 aliphatic carbocycles. The molecule has 0 N–H and O–H groups in total. The van der Waals surface area contributed by atoms with Crippen LogP contribution < -0.4 is 0 Å². The van der Waals surface area contributed by atoms with E-state index in [0.717, 1.165) is 35.5 Å². The van der Waals surface area contributed by atoms with Gasteiger partial charge in [0.2, 0.25) is 0 Å². The van der Waals surface area contributed by atoms with Crippen molar-refractivity contribution in [3.05, 3.63) is 178 Å². The van der Waals surface area contributed by atoms with Gasteiger partial charge in [-0.2, -0.15) is 0 Å². The number of fused-ring (bicyclic) bond motifs is 13. The van der Waals surface area contributed by atoms with Crippen molar-refractivity contribution in [1.82, 2.24) is 0 Å². The van der Waals surface area contributed by atoms with Crippen molar-refractivity contribution in [3.63, 3.8) is 0 Å². The number of hydrogen-bond acceptors (Lipinski definition) is 0. The average Bonchev–Trinajstić information content (AvgIpc) is 4.00. The third-order valence-electron chi connectivity index (χ3n) is 19.2. The molecule has 13 rings (SSSR count). The Morgan fingerprint density at radius 3 is 1.36 bits per heavy atom. The zero-order valence-corrected chi connectivity index (χ0v) is 36.6. The van der Waals surface area contributed by atoms with Crippen LogP contribution in [-0.2, 0) is 18.3 Å². The summed E-state index contributed by atoms with van der Waals surface area (Å²) in [6.45, 7) is 5.25. The molecule has 4 fully saturated rings. The molecule has 4 saturated carbocycles. The molecule has 0 heteroatoms. The highest BCUT2D eigenvalue weighted by Gasteiger charge is 2.52. The van der Waals surface area contributed by atoms with E-state index < -0.39 is 5.41 Å². The zero-order valence-electron chi connectivity index (χ0n) is 36.6. The van der Waals surface area contributed by atoms with Crippen molar-refractivity contribution in [2.75, 3.05) is 0 Å². The van der Waals surface area contributed by atoms with E-state index in [1.54, 1.807) is 22.3 Å². The Kier molecular flexibility index (Phi) is 8.27. The van der Waals surface area contributed by atoms with E-state index in [9.17, 15) is 0 Å². The summed E-state index contributed by atoms with van der Waals surface area (Å²) in [5.41, 5.74) is 21.0. The normalized spacial score (nSPS) is 31.1. The molecule has 6 aromatic rings. The van der Waals surface area contributed by atoms with Crippen LogP contribution in [0.25, 0.3) is 33.4 Å². The molecule has 61 heavy (non-hydrogen) atoms. The van der Waals surface area contributed by atoms with Gasteiger partial charge in [0.1, 0.15) is 0 Å². The second-order valence-electron chi connectivity index (χ2n) is 21.8. The molecule has 8 atom stereocenters. The minimum Gasteiger partial charge on any atom is -0.0619 e. The van der Waals surface area contributed by atoms with Crippen molar-refractivity contribution < 1.29 is 0 Å². The van der Waals surface area contributed by atoms with E-state index in [1.165, 1.54) is 146 Å². The van der Waals surface area contributed by atoms with Crippen LogP contribution in [-0.4, -0.2) is 0 Å². The van der Waals surface area contributed by atoms with Gasteiger partial charge in [-0.3, -0.25) is 0 Å². The lowest BCUT2D eigenvalue weighted by Gasteiger charge is -2.49. The Morgan fingerprint density at radius 2 is 0.869 bits per heavy atom. The molecule has 0 heterocycles. The maximum absolute atomic E-state index is 2.62. The van der Waals surface area contributed by atoms with Gasteiger partial charge in [-0.25, -0.2) is 0 Å². The second-order valence-corrected chi connectivity index (χ2v) is 21.8. The Bertz CT molecular complexity index is 2520. The summed E-state index contributed by atoms with van der Waals surface area (Å²) in [5, 5.41) is 0. The molecule has 0 bridgehead atoms. The van der Waals surface area contributed by atoms with Gasteiger partial charge in [0.05, 0.1) is 5.41 Å². The third kappa shape index (κ3) is 5.36. The first kappa shape index (κ1) is 36.9. The highest BCUT2D eigenvalue weighted by Crippen LogP contribution is 2.63. The Morgan fingerprint density at radius 1 is 0.410 bits per heavy atom. The summed E-state index contributed by atoms with van der Waals surface area (Å²) in [4.78, 5) is 0. The van der Waals surface area contributed by atoms with Gasteiger partial charge in [0.15, 0.2) is 0 Å². The average molecular weight is 795 g/mol. The summed E-state index contributed by atoms with van der Waals surface area (Å²) < 4.78 is 0. The molecule has 0 saturated heterocycles. The van der Waals surface area contributed by atoms with Crippen LogP contribution in [0.4, 0.5) is 0 Å². The van der Waals surface area contributed by atoms with Gasteiger partial charge in [0.25, 0.3) is 0 Å². The maximum atomic E-state index is 2.62. The van der Waals surface area contributed by atoms with E-state index in [1.807, 2.05) is 0 Å². The molecular formula is C61H62. The lowest BCUT2D eigenvalue weighted by atomic mass is 9.56. The van der Waals surface area contributed by atoms with Crippen molar-refractivity contribution in [2.45, 2.75) is 121 Å². The first-order chi connectivity index (χ1) is 29.9. The van der Waals surface area contributed by atoms with Crippen molar-refractivity contribution in [1.29, 1.82) is 0 Å². The highest BCUT2D eigenvalue weighted by atomic mass is 14.6. The predicted octanol–water partition coefficient (Wildman–Crippen LogP) is 15.9. The molecule has 6 aromatic carbocycles. The van der Waals surface area contributed by atoms with Crippen LogP contribution >= 0.6 is 0 Å². The van der Waals surface area contributed by atoms with Crippen LogP contribution in [0.3, 0.4) is 0 Å². The summed E-state index contributed by atoms with van der Waals surface area (Å²) in [5.74, 6) is 5.14. The second kappa shape index (κ2) is 13.7. The van der Waals surface area contributed by atoms with Gasteiger partial charge in [-0.15, -0.1) is 0 Å². The minimum absolute atomic E-state index is 0.436. The number of rotatable bonds is 4. The van der Waals surface area contributed by atoms with Gasteiger partial charge in [0, 0.05) is 0 Å². The first-order valence-corrected chi connectivity index (χ1v) is 24.6. The standard InChI is InChI=1S/C61H62/c1-59-31-9-19-55(59)53-27-23-43-35-41(21-25-47(43)49(53)29-33-59)39-11-7-13-45(37-39)61(57-17-5-3-15-51(57)52-16-4-6-18-58(52)61)46-14-8-12-40(38-46)42-22-26-48-44(36-42)24-28-54-50(48)30-34-60(2)32-10-20-56(54)60/h3-8,11-18,21-22,25-26,35-38,49-50,53-56H,9-10,19-20,23-24,27-34H2,1-2H3/t49-,50-,53-,54-,55+,56+,59+,60+/m1/s1. The molecule has 0 radical (unpaired) electrons. The highest BCUT2D eigenvalue weighted by molar-refractivity contribution is 5.87. The fourth-order valence-electron chi connectivity index (χ4n) is 16.4.